The second-order valence-corrected chi connectivity index (χ2v) is 6.29. The van der Waals surface area contributed by atoms with Crippen molar-refractivity contribution in [3.05, 3.63) is 45.6 Å². The Morgan fingerprint density at radius 1 is 1.23 bits per heavy atom. The van der Waals surface area contributed by atoms with Gasteiger partial charge in [-0.05, 0) is 48.6 Å². The number of carbonyl (C=O) groups excluding carboxylic acids is 1. The van der Waals surface area contributed by atoms with Crippen molar-refractivity contribution < 1.29 is 14.3 Å². The monoisotopic (exact) mass is 317 g/mol. The van der Waals surface area contributed by atoms with Gasteiger partial charge in [0.15, 0.2) is 11.5 Å². The minimum absolute atomic E-state index is 0.0327. The van der Waals surface area contributed by atoms with Crippen LogP contribution in [0.2, 0.25) is 0 Å². The number of nitrogens with zero attached hydrogens (tertiary/aromatic N) is 1. The molecular weight excluding hydrogens is 298 g/mol. The van der Waals surface area contributed by atoms with E-state index in [1.807, 2.05) is 4.90 Å². The van der Waals surface area contributed by atoms with Gasteiger partial charge >= 0.3 is 0 Å². The number of fused-ring (bicyclic) bond motifs is 1. The minimum Gasteiger partial charge on any atom is -0.493 e. The molecule has 116 valence electrons. The van der Waals surface area contributed by atoms with E-state index in [9.17, 15) is 4.79 Å². The third kappa shape index (κ3) is 2.46. The number of benzene rings is 1. The summed E-state index contributed by atoms with van der Waals surface area (Å²) in [6.45, 7) is 2.84. The molecule has 2 heterocycles. The van der Waals surface area contributed by atoms with Gasteiger partial charge in [0.2, 0.25) is 0 Å². The first kappa shape index (κ1) is 14.9. The van der Waals surface area contributed by atoms with Gasteiger partial charge in [0.05, 0.1) is 20.3 Å². The van der Waals surface area contributed by atoms with E-state index >= 15 is 0 Å². The van der Waals surface area contributed by atoms with E-state index in [0.29, 0.717) is 17.1 Å². The molecule has 1 amide bonds. The van der Waals surface area contributed by atoms with Gasteiger partial charge < -0.3 is 14.4 Å². The van der Waals surface area contributed by atoms with Crippen LogP contribution in [0, 0.1) is 0 Å². The SMILES string of the molecule is COc1ccc(C(=O)N2CCc3sccc3[C@H]2C)cc1OC. The van der Waals surface area contributed by atoms with Gasteiger partial charge in [0, 0.05) is 17.0 Å². The highest BCUT2D eigenvalue weighted by molar-refractivity contribution is 7.10. The van der Waals surface area contributed by atoms with E-state index in [2.05, 4.69) is 18.4 Å². The Hall–Kier alpha value is -2.01. The van der Waals surface area contributed by atoms with Crippen molar-refractivity contribution in [2.45, 2.75) is 19.4 Å². The lowest BCUT2D eigenvalue weighted by Gasteiger charge is -2.33. The van der Waals surface area contributed by atoms with Crippen LogP contribution in [0.3, 0.4) is 0 Å². The topological polar surface area (TPSA) is 38.8 Å². The number of hydrogen-bond donors (Lipinski definition) is 0. The van der Waals surface area contributed by atoms with Crippen molar-refractivity contribution in [1.29, 1.82) is 0 Å². The molecule has 1 aromatic carbocycles. The molecule has 4 nitrogen and oxygen atoms in total. The molecule has 0 aliphatic carbocycles. The summed E-state index contributed by atoms with van der Waals surface area (Å²) < 4.78 is 10.5. The summed E-state index contributed by atoms with van der Waals surface area (Å²) in [4.78, 5) is 16.2. The van der Waals surface area contributed by atoms with Crippen LogP contribution in [0.5, 0.6) is 11.5 Å². The maximum atomic E-state index is 12.8. The summed E-state index contributed by atoms with van der Waals surface area (Å²) in [6, 6.07) is 7.54. The van der Waals surface area contributed by atoms with Gasteiger partial charge in [-0.3, -0.25) is 4.79 Å². The first-order chi connectivity index (χ1) is 10.7. The van der Waals surface area contributed by atoms with Crippen LogP contribution in [0.25, 0.3) is 0 Å². The minimum atomic E-state index is 0.0327. The molecule has 0 N–H and O–H groups in total. The van der Waals surface area contributed by atoms with Crippen molar-refractivity contribution in [3.63, 3.8) is 0 Å². The third-order valence-electron chi connectivity index (χ3n) is 4.17. The van der Waals surface area contributed by atoms with Crippen molar-refractivity contribution in [2.24, 2.45) is 0 Å². The average Bonchev–Trinajstić information content (AvgIpc) is 3.03. The van der Waals surface area contributed by atoms with Gasteiger partial charge in [-0.15, -0.1) is 11.3 Å². The van der Waals surface area contributed by atoms with Crippen molar-refractivity contribution in [3.8, 4) is 11.5 Å². The largest absolute Gasteiger partial charge is 0.493 e. The third-order valence-corrected chi connectivity index (χ3v) is 5.17. The first-order valence-corrected chi connectivity index (χ1v) is 8.13. The fourth-order valence-corrected chi connectivity index (χ4v) is 3.88. The Balaban J connectivity index is 1.88. The second-order valence-electron chi connectivity index (χ2n) is 5.29. The van der Waals surface area contributed by atoms with Crippen LogP contribution < -0.4 is 9.47 Å². The lowest BCUT2D eigenvalue weighted by molar-refractivity contribution is 0.0679. The molecular formula is C17H19NO3S. The summed E-state index contributed by atoms with van der Waals surface area (Å²) in [7, 11) is 3.16. The number of rotatable bonds is 3. The number of amides is 1. The van der Waals surface area contributed by atoms with Crippen LogP contribution in [0.15, 0.2) is 29.6 Å². The molecule has 0 radical (unpaired) electrons. The molecule has 3 rings (SSSR count). The molecule has 2 aromatic rings. The quantitative estimate of drug-likeness (QED) is 0.869. The normalized spacial score (nSPS) is 17.0. The number of ether oxygens (including phenoxy) is 2. The maximum Gasteiger partial charge on any atom is 0.254 e. The van der Waals surface area contributed by atoms with Crippen molar-refractivity contribution in [2.75, 3.05) is 20.8 Å². The van der Waals surface area contributed by atoms with Gasteiger partial charge in [0.25, 0.3) is 5.91 Å². The summed E-state index contributed by atoms with van der Waals surface area (Å²) in [5.41, 5.74) is 1.90. The number of methoxy groups -OCH3 is 2. The predicted octanol–water partition coefficient (Wildman–Crippen LogP) is 3.52. The summed E-state index contributed by atoms with van der Waals surface area (Å²) in [5.74, 6) is 1.24. The van der Waals surface area contributed by atoms with E-state index in [-0.39, 0.29) is 11.9 Å². The second kappa shape index (κ2) is 6.01. The molecule has 0 unspecified atom stereocenters. The zero-order valence-corrected chi connectivity index (χ0v) is 13.8. The van der Waals surface area contributed by atoms with Crippen LogP contribution >= 0.6 is 11.3 Å². The standard InChI is InChI=1S/C17H19NO3S/c1-11-13-7-9-22-16(13)6-8-18(11)17(19)12-4-5-14(20-2)15(10-12)21-3/h4-5,7,9-11H,6,8H2,1-3H3/t11-/m1/s1. The van der Waals surface area contributed by atoms with Crippen LogP contribution in [0.1, 0.15) is 33.8 Å². The van der Waals surface area contributed by atoms with Crippen molar-refractivity contribution in [1.82, 2.24) is 4.90 Å². The highest BCUT2D eigenvalue weighted by atomic mass is 32.1. The first-order valence-electron chi connectivity index (χ1n) is 7.25. The van der Waals surface area contributed by atoms with E-state index in [1.165, 1.54) is 10.4 Å². The number of carbonyl (C=O) groups is 1. The number of hydrogen-bond acceptors (Lipinski definition) is 4. The van der Waals surface area contributed by atoms with E-state index in [0.717, 1.165) is 13.0 Å². The highest BCUT2D eigenvalue weighted by Gasteiger charge is 2.29. The molecule has 5 heteroatoms. The van der Waals surface area contributed by atoms with Gasteiger partial charge in [-0.25, -0.2) is 0 Å². The molecule has 1 aromatic heterocycles. The Kier molecular flexibility index (Phi) is 4.07. The maximum absolute atomic E-state index is 12.8. The van der Waals surface area contributed by atoms with Gasteiger partial charge in [0.1, 0.15) is 0 Å². The van der Waals surface area contributed by atoms with Crippen LogP contribution in [-0.2, 0) is 6.42 Å². The molecule has 0 spiro atoms. The van der Waals surface area contributed by atoms with E-state index in [1.54, 1.807) is 43.8 Å². The fourth-order valence-electron chi connectivity index (χ4n) is 2.92. The molecule has 1 aliphatic heterocycles. The van der Waals surface area contributed by atoms with Crippen LogP contribution in [-0.4, -0.2) is 31.6 Å². The zero-order chi connectivity index (χ0) is 15.7. The lowest BCUT2D eigenvalue weighted by atomic mass is 10.0. The van der Waals surface area contributed by atoms with E-state index in [4.69, 9.17) is 9.47 Å². The summed E-state index contributed by atoms with van der Waals surface area (Å²) >= 11 is 1.78. The molecule has 1 aliphatic rings. The Morgan fingerprint density at radius 3 is 2.73 bits per heavy atom. The zero-order valence-electron chi connectivity index (χ0n) is 13.0. The van der Waals surface area contributed by atoms with Crippen molar-refractivity contribution >= 4 is 17.2 Å². The Bertz CT molecular complexity index is 695. The molecule has 0 saturated heterocycles. The molecule has 1 atom stereocenters. The Morgan fingerprint density at radius 2 is 2.00 bits per heavy atom. The van der Waals surface area contributed by atoms with Gasteiger partial charge in [-0.2, -0.15) is 0 Å². The van der Waals surface area contributed by atoms with Crippen LogP contribution in [0.4, 0.5) is 0 Å². The molecule has 22 heavy (non-hydrogen) atoms. The van der Waals surface area contributed by atoms with Gasteiger partial charge in [-0.1, -0.05) is 0 Å². The molecule has 0 bridgehead atoms. The lowest BCUT2D eigenvalue weighted by Crippen LogP contribution is -2.38. The summed E-state index contributed by atoms with van der Waals surface area (Å²) in [5, 5.41) is 2.10. The molecule has 0 fully saturated rings. The summed E-state index contributed by atoms with van der Waals surface area (Å²) in [6.07, 6.45) is 0.927. The van der Waals surface area contributed by atoms with E-state index < -0.39 is 0 Å². The Labute approximate surface area is 134 Å². The predicted molar refractivity (Wildman–Crippen MR) is 87.0 cm³/mol. The smallest absolute Gasteiger partial charge is 0.254 e. The molecule has 0 saturated carbocycles. The number of thiophene rings is 1. The highest BCUT2D eigenvalue weighted by Crippen LogP contribution is 2.35. The average molecular weight is 317 g/mol. The fraction of sp³-hybridized carbons (Fsp3) is 0.353.